The smallest absolute Gasteiger partial charge is 0.335 e. The first-order valence-corrected chi connectivity index (χ1v) is 8.69. The fraction of sp³-hybridized carbons (Fsp3) is 0.588. The van der Waals surface area contributed by atoms with Gasteiger partial charge in [-0.05, 0) is 43.9 Å². The summed E-state index contributed by atoms with van der Waals surface area (Å²) in [5.74, 6) is -0.854. The highest BCUT2D eigenvalue weighted by Gasteiger charge is 2.38. The van der Waals surface area contributed by atoms with Crippen molar-refractivity contribution in [1.82, 2.24) is 0 Å². The number of thioether (sulfide) groups is 1. The fourth-order valence-electron chi connectivity index (χ4n) is 3.52. The van der Waals surface area contributed by atoms with E-state index in [1.165, 1.54) is 32.1 Å². The van der Waals surface area contributed by atoms with E-state index in [-0.39, 0.29) is 5.60 Å². The van der Waals surface area contributed by atoms with Crippen LogP contribution in [0.4, 0.5) is 0 Å². The van der Waals surface area contributed by atoms with Crippen molar-refractivity contribution in [2.75, 3.05) is 6.61 Å². The Morgan fingerprint density at radius 2 is 2.10 bits per heavy atom. The van der Waals surface area contributed by atoms with Crippen molar-refractivity contribution in [1.29, 1.82) is 0 Å². The van der Waals surface area contributed by atoms with E-state index in [9.17, 15) is 4.79 Å². The van der Waals surface area contributed by atoms with E-state index in [0.717, 1.165) is 24.3 Å². The lowest BCUT2D eigenvalue weighted by Gasteiger charge is -2.43. The zero-order valence-corrected chi connectivity index (χ0v) is 13.0. The molecular formula is C17H22O3S. The van der Waals surface area contributed by atoms with Crippen LogP contribution in [0.15, 0.2) is 29.2 Å². The SMILES string of the molecule is O=C(O)c1cccc(SC2CCOC3(CCCCC3)C2)c1. The third kappa shape index (κ3) is 3.61. The first-order chi connectivity index (χ1) is 10.2. The van der Waals surface area contributed by atoms with Crippen molar-refractivity contribution < 1.29 is 14.6 Å². The van der Waals surface area contributed by atoms with Crippen LogP contribution in [0.2, 0.25) is 0 Å². The van der Waals surface area contributed by atoms with Gasteiger partial charge < -0.3 is 9.84 Å². The number of rotatable bonds is 3. The molecular weight excluding hydrogens is 284 g/mol. The minimum atomic E-state index is -0.854. The van der Waals surface area contributed by atoms with Crippen LogP contribution in [0, 0.1) is 0 Å². The molecule has 1 heterocycles. The standard InChI is InChI=1S/C17H22O3S/c18-16(19)13-5-4-6-14(11-13)21-15-7-10-20-17(12-15)8-2-1-3-9-17/h4-6,11,15H,1-3,7-10,12H2,(H,18,19). The molecule has 1 unspecified atom stereocenters. The number of hydrogen-bond acceptors (Lipinski definition) is 3. The Morgan fingerprint density at radius 3 is 2.86 bits per heavy atom. The molecule has 0 amide bonds. The Morgan fingerprint density at radius 1 is 1.29 bits per heavy atom. The van der Waals surface area contributed by atoms with E-state index in [4.69, 9.17) is 9.84 Å². The summed E-state index contributed by atoms with van der Waals surface area (Å²) in [6.07, 6.45) is 8.46. The van der Waals surface area contributed by atoms with Crippen molar-refractivity contribution in [2.45, 2.75) is 60.7 Å². The number of carboxylic acids is 1. The average molecular weight is 306 g/mol. The van der Waals surface area contributed by atoms with Crippen LogP contribution in [0.5, 0.6) is 0 Å². The summed E-state index contributed by atoms with van der Waals surface area (Å²) in [6.45, 7) is 0.844. The Kier molecular flexibility index (Phi) is 4.55. The summed E-state index contributed by atoms with van der Waals surface area (Å²) >= 11 is 1.82. The fourth-order valence-corrected chi connectivity index (χ4v) is 4.86. The second-order valence-corrected chi connectivity index (χ2v) is 7.53. The van der Waals surface area contributed by atoms with E-state index < -0.39 is 5.97 Å². The van der Waals surface area contributed by atoms with Crippen LogP contribution in [-0.4, -0.2) is 28.5 Å². The first kappa shape index (κ1) is 14.9. The summed E-state index contributed by atoms with van der Waals surface area (Å²) in [5, 5.41) is 9.63. The van der Waals surface area contributed by atoms with Crippen molar-refractivity contribution in [3.63, 3.8) is 0 Å². The monoisotopic (exact) mass is 306 g/mol. The molecule has 0 bridgehead atoms. The van der Waals surface area contributed by atoms with Crippen molar-refractivity contribution >= 4 is 17.7 Å². The average Bonchev–Trinajstić information content (AvgIpc) is 2.48. The zero-order chi connectivity index (χ0) is 14.7. The molecule has 1 aliphatic carbocycles. The predicted octanol–water partition coefficient (Wildman–Crippen LogP) is 4.36. The summed E-state index contributed by atoms with van der Waals surface area (Å²) in [5.41, 5.74) is 0.484. The molecule has 1 spiro atoms. The number of carboxylic acid groups (broad SMARTS) is 1. The van der Waals surface area contributed by atoms with Crippen LogP contribution in [0.1, 0.15) is 55.3 Å². The molecule has 1 N–H and O–H groups in total. The van der Waals surface area contributed by atoms with Crippen molar-refractivity contribution in [3.05, 3.63) is 29.8 Å². The lowest BCUT2D eigenvalue weighted by atomic mass is 9.80. The van der Waals surface area contributed by atoms with Gasteiger partial charge in [-0.25, -0.2) is 4.79 Å². The Labute approximate surface area is 130 Å². The third-order valence-corrected chi connectivity index (χ3v) is 5.86. The molecule has 1 aliphatic heterocycles. The summed E-state index contributed by atoms with van der Waals surface area (Å²) < 4.78 is 6.13. The Bertz CT molecular complexity index is 503. The minimum absolute atomic E-state index is 0.110. The molecule has 114 valence electrons. The van der Waals surface area contributed by atoms with E-state index in [1.54, 1.807) is 12.1 Å². The molecule has 1 saturated carbocycles. The van der Waals surface area contributed by atoms with Crippen molar-refractivity contribution in [2.24, 2.45) is 0 Å². The normalized spacial score (nSPS) is 24.9. The number of carbonyl (C=O) groups is 1. The van der Waals surface area contributed by atoms with Crippen LogP contribution in [0.25, 0.3) is 0 Å². The van der Waals surface area contributed by atoms with Gasteiger partial charge in [-0.2, -0.15) is 0 Å². The molecule has 2 fully saturated rings. The number of aromatic carboxylic acids is 1. The minimum Gasteiger partial charge on any atom is -0.478 e. The summed E-state index contributed by atoms with van der Waals surface area (Å²) in [7, 11) is 0. The third-order valence-electron chi connectivity index (χ3n) is 4.60. The van der Waals surface area contributed by atoms with Gasteiger partial charge in [0.05, 0.1) is 11.2 Å². The molecule has 0 radical (unpaired) electrons. The maximum atomic E-state index is 11.1. The molecule has 0 aromatic heterocycles. The van der Waals surface area contributed by atoms with Gasteiger partial charge >= 0.3 is 5.97 Å². The van der Waals surface area contributed by atoms with Gasteiger partial charge in [-0.15, -0.1) is 11.8 Å². The van der Waals surface area contributed by atoms with Crippen LogP contribution >= 0.6 is 11.8 Å². The molecule has 3 nitrogen and oxygen atoms in total. The highest BCUT2D eigenvalue weighted by atomic mass is 32.2. The van der Waals surface area contributed by atoms with Crippen LogP contribution < -0.4 is 0 Å². The van der Waals surface area contributed by atoms with Gasteiger partial charge in [0, 0.05) is 16.8 Å². The largest absolute Gasteiger partial charge is 0.478 e. The van der Waals surface area contributed by atoms with Crippen LogP contribution in [-0.2, 0) is 4.74 Å². The molecule has 1 atom stereocenters. The highest BCUT2D eigenvalue weighted by molar-refractivity contribution is 8.00. The lowest BCUT2D eigenvalue weighted by molar-refractivity contribution is -0.0971. The molecule has 3 rings (SSSR count). The number of ether oxygens (including phenoxy) is 1. The summed E-state index contributed by atoms with van der Waals surface area (Å²) in [6, 6.07) is 7.29. The second kappa shape index (κ2) is 6.41. The molecule has 1 aromatic rings. The molecule has 21 heavy (non-hydrogen) atoms. The van der Waals surface area contributed by atoms with Crippen LogP contribution in [0.3, 0.4) is 0 Å². The maximum Gasteiger partial charge on any atom is 0.335 e. The van der Waals surface area contributed by atoms with Crippen molar-refractivity contribution in [3.8, 4) is 0 Å². The molecule has 1 aromatic carbocycles. The van der Waals surface area contributed by atoms with E-state index >= 15 is 0 Å². The highest BCUT2D eigenvalue weighted by Crippen LogP contribution is 2.43. The van der Waals surface area contributed by atoms with Gasteiger partial charge in [-0.1, -0.05) is 25.3 Å². The Hall–Kier alpha value is -1.00. The summed E-state index contributed by atoms with van der Waals surface area (Å²) in [4.78, 5) is 12.1. The number of benzene rings is 1. The Balaban J connectivity index is 1.67. The van der Waals surface area contributed by atoms with Gasteiger partial charge in [-0.3, -0.25) is 0 Å². The quantitative estimate of drug-likeness (QED) is 0.901. The maximum absolute atomic E-state index is 11.1. The second-order valence-electron chi connectivity index (χ2n) is 6.16. The molecule has 2 aliphatic rings. The van der Waals surface area contributed by atoms with E-state index in [1.807, 2.05) is 23.9 Å². The van der Waals surface area contributed by atoms with Gasteiger partial charge in [0.25, 0.3) is 0 Å². The molecule has 1 saturated heterocycles. The zero-order valence-electron chi connectivity index (χ0n) is 12.2. The molecule has 4 heteroatoms. The lowest BCUT2D eigenvalue weighted by Crippen LogP contribution is -2.42. The van der Waals surface area contributed by atoms with E-state index in [2.05, 4.69) is 0 Å². The predicted molar refractivity (Wildman–Crippen MR) is 84.0 cm³/mol. The van der Waals surface area contributed by atoms with Gasteiger partial charge in [0.1, 0.15) is 0 Å². The first-order valence-electron chi connectivity index (χ1n) is 7.81. The topological polar surface area (TPSA) is 46.5 Å². The van der Waals surface area contributed by atoms with E-state index in [0.29, 0.717) is 10.8 Å². The number of hydrogen-bond donors (Lipinski definition) is 1. The van der Waals surface area contributed by atoms with Gasteiger partial charge in [0.15, 0.2) is 0 Å². The van der Waals surface area contributed by atoms with Gasteiger partial charge in [0.2, 0.25) is 0 Å².